The van der Waals surface area contributed by atoms with E-state index in [0.717, 1.165) is 0 Å². The first kappa shape index (κ1) is 15.3. The summed E-state index contributed by atoms with van der Waals surface area (Å²) in [5.74, 6) is -0.785. The summed E-state index contributed by atoms with van der Waals surface area (Å²) in [6, 6.07) is 4.48. The molecule has 0 saturated heterocycles. The third-order valence-corrected chi connectivity index (χ3v) is 2.27. The number of halogens is 4. The van der Waals surface area contributed by atoms with Gasteiger partial charge < -0.3 is 5.32 Å². The summed E-state index contributed by atoms with van der Waals surface area (Å²) in [7, 11) is 0. The summed E-state index contributed by atoms with van der Waals surface area (Å²) in [5.41, 5.74) is 1.27. The summed E-state index contributed by atoms with van der Waals surface area (Å²) < 4.78 is 39.9. The second-order valence-corrected chi connectivity index (χ2v) is 3.81. The van der Waals surface area contributed by atoms with Gasteiger partial charge in [0, 0.05) is 5.56 Å². The van der Waals surface area contributed by atoms with Crippen molar-refractivity contribution in [2.75, 3.05) is 6.54 Å². The fourth-order valence-corrected chi connectivity index (χ4v) is 1.42. The fourth-order valence-electron chi connectivity index (χ4n) is 1.38. The topological polar surface area (TPSA) is 50.7 Å². The minimum atomic E-state index is -4.44. The quantitative estimate of drug-likeness (QED) is 0.686. The lowest BCUT2D eigenvalue weighted by molar-refractivity contribution is -0.123. The average molecular weight is 295 g/mol. The molecule has 0 aliphatic rings. The van der Waals surface area contributed by atoms with Crippen LogP contribution in [0, 0.1) is 6.92 Å². The van der Waals surface area contributed by atoms with E-state index in [-0.39, 0.29) is 5.56 Å². The van der Waals surface area contributed by atoms with Crippen molar-refractivity contribution in [3.8, 4) is 0 Å². The van der Waals surface area contributed by atoms with Gasteiger partial charge in [0.15, 0.2) is 11.9 Å². The molecule has 0 heterocycles. The van der Waals surface area contributed by atoms with Crippen molar-refractivity contribution >= 4 is 24.0 Å². The van der Waals surface area contributed by atoms with E-state index in [0.29, 0.717) is 11.1 Å². The standard InChI is InChI=1S/C11H10ClF3N2O2/c1-7-4-8(5-17-19-12)2-3-9(7)10(18)16-6-11(13,14)15/h2-5H,6H2,1H3,(H,16,18). The van der Waals surface area contributed by atoms with Gasteiger partial charge in [0.2, 0.25) is 0 Å². The molecule has 0 aliphatic carbocycles. The number of rotatable bonds is 4. The lowest BCUT2D eigenvalue weighted by atomic mass is 10.1. The molecule has 4 nitrogen and oxygen atoms in total. The van der Waals surface area contributed by atoms with E-state index >= 15 is 0 Å². The van der Waals surface area contributed by atoms with Crippen LogP contribution in [0.4, 0.5) is 13.2 Å². The zero-order valence-corrected chi connectivity index (χ0v) is 10.5. The van der Waals surface area contributed by atoms with Gasteiger partial charge in [-0.3, -0.25) is 9.18 Å². The Labute approximate surface area is 112 Å². The zero-order chi connectivity index (χ0) is 14.5. The van der Waals surface area contributed by atoms with Crippen molar-refractivity contribution in [1.82, 2.24) is 5.32 Å². The van der Waals surface area contributed by atoms with Crippen LogP contribution in [-0.4, -0.2) is 24.8 Å². The maximum absolute atomic E-state index is 12.0. The largest absolute Gasteiger partial charge is 0.405 e. The lowest BCUT2D eigenvalue weighted by Gasteiger charge is -2.10. The summed E-state index contributed by atoms with van der Waals surface area (Å²) in [4.78, 5) is 11.5. The minimum Gasteiger partial charge on any atom is -0.343 e. The van der Waals surface area contributed by atoms with Gasteiger partial charge in [0.25, 0.3) is 5.91 Å². The molecule has 0 aliphatic heterocycles. The summed E-state index contributed by atoms with van der Waals surface area (Å²) in [6.45, 7) is 0.232. The Hall–Kier alpha value is -1.76. The lowest BCUT2D eigenvalue weighted by Crippen LogP contribution is -2.34. The predicted octanol–water partition coefficient (Wildman–Crippen LogP) is 2.79. The van der Waals surface area contributed by atoms with Crippen molar-refractivity contribution in [3.63, 3.8) is 0 Å². The second kappa shape index (κ2) is 6.42. The Kier molecular flexibility index (Phi) is 5.17. The van der Waals surface area contributed by atoms with E-state index in [9.17, 15) is 18.0 Å². The molecule has 19 heavy (non-hydrogen) atoms. The molecule has 8 heteroatoms. The van der Waals surface area contributed by atoms with Crippen LogP contribution < -0.4 is 5.32 Å². The van der Waals surface area contributed by atoms with Gasteiger partial charge in [-0.25, -0.2) is 0 Å². The Morgan fingerprint density at radius 3 is 2.74 bits per heavy atom. The van der Waals surface area contributed by atoms with E-state index in [2.05, 4.69) is 9.55 Å². The van der Waals surface area contributed by atoms with E-state index in [4.69, 9.17) is 11.9 Å². The van der Waals surface area contributed by atoms with E-state index in [1.807, 2.05) is 0 Å². The number of aryl methyl sites for hydroxylation is 1. The number of amides is 1. The van der Waals surface area contributed by atoms with Crippen molar-refractivity contribution in [3.05, 3.63) is 34.9 Å². The Balaban J connectivity index is 2.79. The number of hydrogen-bond acceptors (Lipinski definition) is 3. The highest BCUT2D eigenvalue weighted by atomic mass is 35.5. The number of oxime groups is 1. The molecule has 1 N–H and O–H groups in total. The first-order chi connectivity index (χ1) is 8.83. The SMILES string of the molecule is Cc1cc(C=NOCl)ccc1C(=O)NCC(F)(F)F. The van der Waals surface area contributed by atoms with Gasteiger partial charge in [0.05, 0.1) is 6.21 Å². The van der Waals surface area contributed by atoms with Gasteiger partial charge >= 0.3 is 6.18 Å². The van der Waals surface area contributed by atoms with Crippen molar-refractivity contribution < 1.29 is 22.4 Å². The molecule has 0 fully saturated rings. The van der Waals surface area contributed by atoms with Crippen molar-refractivity contribution in [1.29, 1.82) is 0 Å². The predicted molar refractivity (Wildman–Crippen MR) is 64.1 cm³/mol. The number of hydrogen-bond donors (Lipinski definition) is 1. The van der Waals surface area contributed by atoms with Gasteiger partial charge in [-0.15, -0.1) is 0 Å². The number of alkyl halides is 3. The number of benzene rings is 1. The number of carbonyl (C=O) groups is 1. The third kappa shape index (κ3) is 5.17. The van der Waals surface area contributed by atoms with Crippen LogP contribution in [0.1, 0.15) is 21.5 Å². The molecular formula is C11H10ClF3N2O2. The molecule has 0 atom stereocenters. The highest BCUT2D eigenvalue weighted by Crippen LogP contribution is 2.14. The van der Waals surface area contributed by atoms with E-state index in [1.165, 1.54) is 18.3 Å². The van der Waals surface area contributed by atoms with Crippen LogP contribution >= 0.6 is 11.9 Å². The minimum absolute atomic E-state index is 0.160. The van der Waals surface area contributed by atoms with Gasteiger partial charge in [-0.05, 0) is 30.2 Å². The highest BCUT2D eigenvalue weighted by Gasteiger charge is 2.28. The molecular weight excluding hydrogens is 285 g/mol. The Morgan fingerprint density at radius 2 is 2.21 bits per heavy atom. The summed E-state index contributed by atoms with van der Waals surface area (Å²) in [6.07, 6.45) is -3.13. The van der Waals surface area contributed by atoms with Crippen LogP contribution in [0.3, 0.4) is 0 Å². The summed E-state index contributed by atoms with van der Waals surface area (Å²) in [5, 5.41) is 5.12. The molecule has 0 spiro atoms. The van der Waals surface area contributed by atoms with Crippen LogP contribution in [0.25, 0.3) is 0 Å². The molecule has 0 radical (unpaired) electrons. The molecule has 0 unspecified atom stereocenters. The first-order valence-corrected chi connectivity index (χ1v) is 5.41. The monoisotopic (exact) mass is 294 g/mol. The second-order valence-electron chi connectivity index (χ2n) is 3.68. The summed E-state index contributed by atoms with van der Waals surface area (Å²) >= 11 is 4.89. The van der Waals surface area contributed by atoms with E-state index in [1.54, 1.807) is 18.3 Å². The van der Waals surface area contributed by atoms with Crippen LogP contribution in [0.5, 0.6) is 0 Å². The Morgan fingerprint density at radius 1 is 1.53 bits per heavy atom. The average Bonchev–Trinajstić information content (AvgIpc) is 2.32. The van der Waals surface area contributed by atoms with Crippen LogP contribution in [0.15, 0.2) is 23.4 Å². The van der Waals surface area contributed by atoms with Crippen molar-refractivity contribution in [2.45, 2.75) is 13.1 Å². The van der Waals surface area contributed by atoms with Crippen molar-refractivity contribution in [2.24, 2.45) is 5.16 Å². The maximum atomic E-state index is 12.0. The number of carbonyl (C=O) groups excluding carboxylic acids is 1. The third-order valence-electron chi connectivity index (χ3n) is 2.19. The highest BCUT2D eigenvalue weighted by molar-refractivity contribution is 6.07. The van der Waals surface area contributed by atoms with Gasteiger partial charge in [-0.1, -0.05) is 11.2 Å². The number of nitrogens with one attached hydrogen (secondary N) is 1. The normalized spacial score (nSPS) is 11.6. The zero-order valence-electron chi connectivity index (χ0n) is 9.79. The molecule has 0 aromatic heterocycles. The molecule has 1 aromatic carbocycles. The number of nitrogens with zero attached hydrogens (tertiary/aromatic N) is 1. The molecule has 0 saturated carbocycles. The maximum Gasteiger partial charge on any atom is 0.405 e. The van der Waals surface area contributed by atoms with E-state index < -0.39 is 18.6 Å². The molecule has 1 rings (SSSR count). The smallest absolute Gasteiger partial charge is 0.343 e. The van der Waals surface area contributed by atoms with Gasteiger partial charge in [0.1, 0.15) is 6.54 Å². The fraction of sp³-hybridized carbons (Fsp3) is 0.273. The Bertz CT molecular complexity index is 489. The molecule has 1 aromatic rings. The molecule has 104 valence electrons. The molecule has 0 bridgehead atoms. The van der Waals surface area contributed by atoms with Gasteiger partial charge in [-0.2, -0.15) is 13.2 Å². The van der Waals surface area contributed by atoms with Crippen LogP contribution in [-0.2, 0) is 4.39 Å². The first-order valence-electron chi connectivity index (χ1n) is 5.10. The molecule has 1 amide bonds. The van der Waals surface area contributed by atoms with Crippen LogP contribution in [0.2, 0.25) is 0 Å².